The summed E-state index contributed by atoms with van der Waals surface area (Å²) in [6.45, 7) is 2.01. The van der Waals surface area contributed by atoms with Gasteiger partial charge in [0.1, 0.15) is 0 Å². The van der Waals surface area contributed by atoms with Crippen LogP contribution in [0.2, 0.25) is 0 Å². The molecule has 1 aliphatic heterocycles. The summed E-state index contributed by atoms with van der Waals surface area (Å²) in [7, 11) is 0. The second-order valence-corrected chi connectivity index (χ2v) is 5.05. The van der Waals surface area contributed by atoms with Crippen LogP contribution in [-0.4, -0.2) is 22.9 Å². The lowest BCUT2D eigenvalue weighted by atomic mass is 9.83. The predicted molar refractivity (Wildman–Crippen MR) is 62.8 cm³/mol. The van der Waals surface area contributed by atoms with Crippen LogP contribution in [0.4, 0.5) is 0 Å². The van der Waals surface area contributed by atoms with E-state index < -0.39 is 0 Å². The molecule has 1 unspecified atom stereocenters. The van der Waals surface area contributed by atoms with Crippen molar-refractivity contribution < 1.29 is 0 Å². The summed E-state index contributed by atoms with van der Waals surface area (Å²) in [5, 5.41) is 6.66. The molecule has 0 radical (unpaired) electrons. The van der Waals surface area contributed by atoms with Crippen LogP contribution < -0.4 is 10.9 Å². The molecule has 1 atom stereocenters. The van der Waals surface area contributed by atoms with E-state index in [2.05, 4.69) is 10.4 Å². The maximum Gasteiger partial charge on any atom is 0.267 e. The smallest absolute Gasteiger partial charge is 0.267 e. The first-order valence-corrected chi connectivity index (χ1v) is 6.37. The molecule has 2 aliphatic rings. The molecule has 88 valence electrons. The Morgan fingerprint density at radius 2 is 2.12 bits per heavy atom. The van der Waals surface area contributed by atoms with Crippen LogP contribution in [0, 0.1) is 0 Å². The van der Waals surface area contributed by atoms with Crippen LogP contribution in [0.3, 0.4) is 0 Å². The van der Waals surface area contributed by atoms with E-state index in [1.165, 1.54) is 19.3 Å². The molecule has 1 saturated carbocycles. The van der Waals surface area contributed by atoms with Crippen molar-refractivity contribution in [1.29, 1.82) is 0 Å². The van der Waals surface area contributed by atoms with Gasteiger partial charge in [-0.25, -0.2) is 4.68 Å². The van der Waals surface area contributed by atoms with Gasteiger partial charge in [-0.15, -0.1) is 0 Å². The summed E-state index contributed by atoms with van der Waals surface area (Å²) < 4.78 is 1.83. The Morgan fingerprint density at radius 1 is 1.25 bits per heavy atom. The lowest BCUT2D eigenvalue weighted by Crippen LogP contribution is -2.35. The third-order valence-corrected chi connectivity index (χ3v) is 3.95. The molecular weight excluding hydrogens is 202 g/mol. The van der Waals surface area contributed by atoms with Crippen LogP contribution in [0.1, 0.15) is 49.8 Å². The van der Waals surface area contributed by atoms with Crippen molar-refractivity contribution in [3.8, 4) is 0 Å². The fraction of sp³-hybridized carbons (Fsp3) is 0.750. The Morgan fingerprint density at radius 3 is 2.75 bits per heavy atom. The Kier molecular flexibility index (Phi) is 2.59. The van der Waals surface area contributed by atoms with Crippen molar-refractivity contribution in [3.63, 3.8) is 0 Å². The van der Waals surface area contributed by atoms with Gasteiger partial charge in [-0.2, -0.15) is 0 Å². The van der Waals surface area contributed by atoms with Crippen molar-refractivity contribution in [3.05, 3.63) is 22.1 Å². The van der Waals surface area contributed by atoms with Gasteiger partial charge in [-0.3, -0.25) is 9.89 Å². The zero-order chi connectivity index (χ0) is 11.0. The predicted octanol–water partition coefficient (Wildman–Crippen LogP) is 1.37. The molecule has 16 heavy (non-hydrogen) atoms. The summed E-state index contributed by atoms with van der Waals surface area (Å²) in [5.74, 6) is 0.616. The molecule has 1 saturated heterocycles. The van der Waals surface area contributed by atoms with E-state index in [0.717, 1.165) is 31.6 Å². The minimum absolute atomic E-state index is 0.149. The van der Waals surface area contributed by atoms with Gasteiger partial charge in [0, 0.05) is 24.2 Å². The number of rotatable bonds is 2. The molecule has 3 rings (SSSR count). The maximum atomic E-state index is 11.9. The average Bonchev–Trinajstić information content (AvgIpc) is 2.59. The first-order valence-electron chi connectivity index (χ1n) is 6.37. The van der Waals surface area contributed by atoms with Crippen LogP contribution >= 0.6 is 0 Å². The minimum atomic E-state index is 0.149. The Hall–Kier alpha value is -1.03. The maximum absolute atomic E-state index is 11.9. The van der Waals surface area contributed by atoms with Gasteiger partial charge in [0.05, 0.1) is 6.04 Å². The van der Waals surface area contributed by atoms with Crippen molar-refractivity contribution >= 4 is 0 Å². The third-order valence-electron chi connectivity index (χ3n) is 3.95. The van der Waals surface area contributed by atoms with Gasteiger partial charge in [-0.1, -0.05) is 6.42 Å². The van der Waals surface area contributed by atoms with Crippen LogP contribution in [-0.2, 0) is 0 Å². The van der Waals surface area contributed by atoms with Crippen molar-refractivity contribution in [2.75, 3.05) is 13.1 Å². The lowest BCUT2D eigenvalue weighted by Gasteiger charge is -2.25. The number of aromatic amines is 1. The number of hydrogen-bond acceptors (Lipinski definition) is 2. The van der Waals surface area contributed by atoms with Crippen LogP contribution in [0.25, 0.3) is 0 Å². The standard InChI is InChI=1S/C12H19N3O/c16-12-7-11(9-3-1-4-9)14-15(12)10-5-2-6-13-8-10/h7,9-10,13-14H,1-6,8H2. The molecule has 0 bridgehead atoms. The number of piperidine rings is 1. The number of nitrogens with zero attached hydrogens (tertiary/aromatic N) is 1. The topological polar surface area (TPSA) is 49.8 Å². The molecule has 1 aromatic rings. The van der Waals surface area contributed by atoms with E-state index in [9.17, 15) is 4.79 Å². The summed E-state index contributed by atoms with van der Waals surface area (Å²) in [6, 6.07) is 2.13. The summed E-state index contributed by atoms with van der Waals surface area (Å²) in [6.07, 6.45) is 6.06. The molecule has 1 aliphatic carbocycles. The van der Waals surface area contributed by atoms with E-state index in [-0.39, 0.29) is 5.56 Å². The van der Waals surface area contributed by atoms with Gasteiger partial charge < -0.3 is 5.32 Å². The highest BCUT2D eigenvalue weighted by atomic mass is 16.1. The fourth-order valence-electron chi connectivity index (χ4n) is 2.68. The second-order valence-electron chi connectivity index (χ2n) is 5.05. The molecule has 2 N–H and O–H groups in total. The zero-order valence-corrected chi connectivity index (χ0v) is 9.54. The Labute approximate surface area is 95.0 Å². The zero-order valence-electron chi connectivity index (χ0n) is 9.54. The van der Waals surface area contributed by atoms with E-state index in [4.69, 9.17) is 0 Å². The van der Waals surface area contributed by atoms with Crippen molar-refractivity contribution in [2.45, 2.75) is 44.1 Å². The van der Waals surface area contributed by atoms with E-state index >= 15 is 0 Å². The lowest BCUT2D eigenvalue weighted by molar-refractivity contribution is 0.332. The highest BCUT2D eigenvalue weighted by Gasteiger charge is 2.24. The van der Waals surface area contributed by atoms with E-state index in [0.29, 0.717) is 12.0 Å². The first-order chi connectivity index (χ1) is 7.84. The van der Waals surface area contributed by atoms with Crippen LogP contribution in [0.15, 0.2) is 10.9 Å². The molecule has 2 fully saturated rings. The van der Waals surface area contributed by atoms with Crippen molar-refractivity contribution in [2.24, 2.45) is 0 Å². The van der Waals surface area contributed by atoms with E-state index in [1.54, 1.807) is 6.07 Å². The minimum Gasteiger partial charge on any atom is -0.315 e. The van der Waals surface area contributed by atoms with Crippen LogP contribution in [0.5, 0.6) is 0 Å². The summed E-state index contributed by atoms with van der Waals surface area (Å²) >= 11 is 0. The summed E-state index contributed by atoms with van der Waals surface area (Å²) in [5.41, 5.74) is 1.30. The largest absolute Gasteiger partial charge is 0.315 e. The Balaban J connectivity index is 1.82. The van der Waals surface area contributed by atoms with Gasteiger partial charge in [-0.05, 0) is 32.2 Å². The first kappa shape index (κ1) is 10.1. The van der Waals surface area contributed by atoms with Gasteiger partial charge in [0.2, 0.25) is 0 Å². The number of hydrogen-bond donors (Lipinski definition) is 2. The molecular formula is C12H19N3O. The SMILES string of the molecule is O=c1cc(C2CCC2)[nH]n1C1CCCNC1. The molecule has 4 nitrogen and oxygen atoms in total. The molecule has 0 amide bonds. The Bertz CT molecular complexity index is 410. The average molecular weight is 221 g/mol. The number of aromatic nitrogens is 2. The van der Waals surface area contributed by atoms with Gasteiger partial charge in [0.25, 0.3) is 5.56 Å². The monoisotopic (exact) mass is 221 g/mol. The summed E-state index contributed by atoms with van der Waals surface area (Å²) in [4.78, 5) is 11.9. The second kappa shape index (κ2) is 4.09. The molecule has 0 aromatic carbocycles. The number of nitrogens with one attached hydrogen (secondary N) is 2. The number of H-pyrrole nitrogens is 1. The van der Waals surface area contributed by atoms with Gasteiger partial charge in [0.15, 0.2) is 0 Å². The highest BCUT2D eigenvalue weighted by molar-refractivity contribution is 5.10. The van der Waals surface area contributed by atoms with Crippen molar-refractivity contribution in [1.82, 2.24) is 15.1 Å². The quantitative estimate of drug-likeness (QED) is 0.792. The van der Waals surface area contributed by atoms with E-state index in [1.807, 2.05) is 4.68 Å². The fourth-order valence-corrected chi connectivity index (χ4v) is 2.68. The molecule has 1 aromatic heterocycles. The molecule has 0 spiro atoms. The molecule has 4 heteroatoms. The highest BCUT2D eigenvalue weighted by Crippen LogP contribution is 2.34. The third kappa shape index (κ3) is 1.71. The molecule has 2 heterocycles. The normalized spacial score (nSPS) is 26.6. The van der Waals surface area contributed by atoms with Gasteiger partial charge >= 0.3 is 0 Å².